The van der Waals surface area contributed by atoms with Crippen molar-refractivity contribution in [1.82, 2.24) is 10.3 Å². The third-order valence-electron chi connectivity index (χ3n) is 5.89. The summed E-state index contributed by atoms with van der Waals surface area (Å²) >= 11 is 0. The summed E-state index contributed by atoms with van der Waals surface area (Å²) in [6.45, 7) is 2.51. The Kier molecular flexibility index (Phi) is 7.97. The van der Waals surface area contributed by atoms with Gasteiger partial charge in [0.15, 0.2) is 12.5 Å². The number of rotatable bonds is 7. The van der Waals surface area contributed by atoms with Gasteiger partial charge in [-0.2, -0.15) is 0 Å². The van der Waals surface area contributed by atoms with E-state index in [2.05, 4.69) is 10.3 Å². The molecule has 2 aromatic rings. The maximum Gasteiger partial charge on any atom is 0.414 e. The van der Waals surface area contributed by atoms with Gasteiger partial charge in [0.25, 0.3) is 5.91 Å². The first-order chi connectivity index (χ1) is 14.1. The topological polar surface area (TPSA) is 90.7 Å². The van der Waals surface area contributed by atoms with Gasteiger partial charge in [-0.15, -0.1) is 0 Å². The van der Waals surface area contributed by atoms with Crippen molar-refractivity contribution in [2.24, 2.45) is 5.92 Å². The molecule has 2 atom stereocenters. The van der Waals surface area contributed by atoms with Crippen molar-refractivity contribution in [2.75, 3.05) is 6.61 Å². The van der Waals surface area contributed by atoms with Crippen LogP contribution in [0.15, 0.2) is 35.1 Å². The number of nitrogens with one attached hydrogen (secondary N) is 1. The van der Waals surface area contributed by atoms with Crippen molar-refractivity contribution in [1.29, 1.82) is 0 Å². The number of amides is 2. The van der Waals surface area contributed by atoms with Gasteiger partial charge in [-0.05, 0) is 43.4 Å². The number of imide groups is 1. The SMILES string of the molecule is Cc1ocnc1C(COc1ccc(CC2OC(=O)NC2=O)cc1)C1CCCCC1.[Na]. The molecule has 1 radical (unpaired) electrons. The second-order valence-corrected chi connectivity index (χ2v) is 7.84. The number of alkyl carbamates (subject to hydrolysis) is 1. The zero-order valence-corrected chi connectivity index (χ0v) is 19.6. The number of hydrogen-bond acceptors (Lipinski definition) is 6. The number of aryl methyl sites for hydroxylation is 1. The number of hydrogen-bond donors (Lipinski definition) is 1. The van der Waals surface area contributed by atoms with E-state index in [0.717, 1.165) is 22.8 Å². The Balaban J connectivity index is 0.00000256. The fraction of sp³-hybridized carbons (Fsp3) is 0.500. The monoisotopic (exact) mass is 421 g/mol. The van der Waals surface area contributed by atoms with Gasteiger partial charge >= 0.3 is 6.09 Å². The molecule has 2 heterocycles. The molecule has 1 aromatic heterocycles. The van der Waals surface area contributed by atoms with Crippen LogP contribution in [0.2, 0.25) is 0 Å². The van der Waals surface area contributed by atoms with Gasteiger partial charge in [-0.1, -0.05) is 31.4 Å². The molecule has 1 aromatic carbocycles. The van der Waals surface area contributed by atoms with Crippen LogP contribution in [0.3, 0.4) is 0 Å². The van der Waals surface area contributed by atoms with Crippen molar-refractivity contribution in [3.8, 4) is 5.75 Å². The second kappa shape index (κ2) is 10.5. The van der Waals surface area contributed by atoms with Gasteiger partial charge in [-0.3, -0.25) is 10.1 Å². The maximum atomic E-state index is 11.6. The third kappa shape index (κ3) is 5.45. The molecule has 8 heteroatoms. The fourth-order valence-electron chi connectivity index (χ4n) is 4.29. The number of benzene rings is 1. The van der Waals surface area contributed by atoms with Gasteiger partial charge in [0.2, 0.25) is 0 Å². The summed E-state index contributed by atoms with van der Waals surface area (Å²) in [6.07, 6.45) is 6.62. The molecule has 1 N–H and O–H groups in total. The average Bonchev–Trinajstić information content (AvgIpc) is 3.29. The summed E-state index contributed by atoms with van der Waals surface area (Å²) in [4.78, 5) is 27.2. The van der Waals surface area contributed by atoms with Gasteiger partial charge in [0.05, 0.1) is 12.3 Å². The summed E-state index contributed by atoms with van der Waals surface area (Å²) in [5, 5.41) is 2.14. The molecule has 0 spiro atoms. The van der Waals surface area contributed by atoms with E-state index in [0.29, 0.717) is 18.9 Å². The molecule has 7 nitrogen and oxygen atoms in total. The van der Waals surface area contributed by atoms with E-state index < -0.39 is 18.1 Å². The molecule has 1 saturated carbocycles. The third-order valence-corrected chi connectivity index (χ3v) is 5.89. The van der Waals surface area contributed by atoms with Crippen LogP contribution in [0.4, 0.5) is 4.79 Å². The minimum absolute atomic E-state index is 0. The summed E-state index contributed by atoms with van der Waals surface area (Å²) in [5.74, 6) is 2.01. The van der Waals surface area contributed by atoms with E-state index in [9.17, 15) is 9.59 Å². The van der Waals surface area contributed by atoms with Crippen molar-refractivity contribution in [3.63, 3.8) is 0 Å². The first-order valence-electron chi connectivity index (χ1n) is 10.2. The molecular weight excluding hydrogens is 395 g/mol. The Morgan fingerprint density at radius 3 is 2.50 bits per heavy atom. The quantitative estimate of drug-likeness (QED) is 0.688. The normalized spacial score (nSPS) is 20.2. The number of aromatic nitrogens is 1. The first kappa shape index (κ1) is 22.8. The number of carbonyl (C=O) groups excluding carboxylic acids is 2. The second-order valence-electron chi connectivity index (χ2n) is 7.84. The maximum absolute atomic E-state index is 11.6. The fourth-order valence-corrected chi connectivity index (χ4v) is 4.29. The van der Waals surface area contributed by atoms with Crippen LogP contribution in [0.5, 0.6) is 5.75 Å². The number of cyclic esters (lactones) is 1. The zero-order valence-electron chi connectivity index (χ0n) is 17.6. The van der Waals surface area contributed by atoms with Crippen LogP contribution < -0.4 is 10.1 Å². The standard InChI is InChI=1S/C22H26N2O5.Na/c1-14-20(23-13-28-14)18(16-5-3-2-4-6-16)12-27-17-9-7-15(8-10-17)11-19-21(25)24-22(26)29-19;/h7-10,13,16,18-19H,2-6,11-12H2,1H3,(H,24,25,26);. The van der Waals surface area contributed by atoms with Crippen LogP contribution in [0.1, 0.15) is 55.0 Å². The van der Waals surface area contributed by atoms with Crippen molar-refractivity contribution >= 4 is 41.6 Å². The molecule has 4 rings (SSSR count). The average molecular weight is 421 g/mol. The van der Waals surface area contributed by atoms with E-state index in [1.54, 1.807) is 0 Å². The van der Waals surface area contributed by atoms with Crippen molar-refractivity contribution in [2.45, 2.75) is 57.5 Å². The summed E-state index contributed by atoms with van der Waals surface area (Å²) in [6, 6.07) is 7.56. The molecule has 0 bridgehead atoms. The van der Waals surface area contributed by atoms with Crippen LogP contribution in [-0.2, 0) is 16.0 Å². The molecule has 30 heavy (non-hydrogen) atoms. The summed E-state index contributed by atoms with van der Waals surface area (Å²) < 4.78 is 16.5. The molecule has 2 aliphatic rings. The van der Waals surface area contributed by atoms with E-state index in [-0.39, 0.29) is 35.5 Å². The Hall–Kier alpha value is -1.83. The summed E-state index contributed by atoms with van der Waals surface area (Å²) in [7, 11) is 0. The molecular formula is C22H26N2NaO5. The van der Waals surface area contributed by atoms with E-state index in [4.69, 9.17) is 13.9 Å². The predicted molar refractivity (Wildman–Crippen MR) is 110 cm³/mol. The van der Waals surface area contributed by atoms with Gasteiger partial charge in [0, 0.05) is 41.9 Å². The Morgan fingerprint density at radius 1 is 1.17 bits per heavy atom. The van der Waals surface area contributed by atoms with Gasteiger partial charge in [0.1, 0.15) is 11.5 Å². The zero-order chi connectivity index (χ0) is 20.2. The molecule has 2 unspecified atom stereocenters. The minimum Gasteiger partial charge on any atom is -0.493 e. The molecule has 1 saturated heterocycles. The summed E-state index contributed by atoms with van der Waals surface area (Å²) in [5.41, 5.74) is 1.91. The number of carbonyl (C=O) groups is 2. The number of oxazole rings is 1. The Bertz CT molecular complexity index is 861. The minimum atomic E-state index is -0.764. The van der Waals surface area contributed by atoms with Crippen LogP contribution in [-0.4, -0.2) is 59.3 Å². The molecule has 2 amide bonds. The predicted octanol–water partition coefficient (Wildman–Crippen LogP) is 3.52. The molecule has 2 fully saturated rings. The smallest absolute Gasteiger partial charge is 0.414 e. The number of ether oxygens (including phenoxy) is 2. The van der Waals surface area contributed by atoms with E-state index in [1.807, 2.05) is 31.2 Å². The van der Waals surface area contributed by atoms with Crippen LogP contribution in [0, 0.1) is 12.8 Å². The largest absolute Gasteiger partial charge is 0.493 e. The molecule has 155 valence electrons. The first-order valence-corrected chi connectivity index (χ1v) is 10.2. The van der Waals surface area contributed by atoms with E-state index in [1.165, 1.54) is 38.5 Å². The van der Waals surface area contributed by atoms with Crippen LogP contribution >= 0.6 is 0 Å². The van der Waals surface area contributed by atoms with Crippen molar-refractivity contribution in [3.05, 3.63) is 47.7 Å². The molecule has 1 aliphatic carbocycles. The van der Waals surface area contributed by atoms with E-state index >= 15 is 0 Å². The van der Waals surface area contributed by atoms with Gasteiger partial charge in [-0.25, -0.2) is 9.78 Å². The van der Waals surface area contributed by atoms with Crippen molar-refractivity contribution < 1.29 is 23.5 Å². The Morgan fingerprint density at radius 2 is 1.90 bits per heavy atom. The van der Waals surface area contributed by atoms with Crippen LogP contribution in [0.25, 0.3) is 0 Å². The molecule has 1 aliphatic heterocycles. The number of nitrogens with zero attached hydrogens (tertiary/aromatic N) is 1. The van der Waals surface area contributed by atoms with Gasteiger partial charge < -0.3 is 13.9 Å². The Labute approximate surface area is 198 Å².